The minimum atomic E-state index is -3.10. The average Bonchev–Trinajstić information content (AvgIpc) is 3.33. The summed E-state index contributed by atoms with van der Waals surface area (Å²) in [5.74, 6) is 0.638. The molecule has 2 aromatic heterocycles. The van der Waals surface area contributed by atoms with Crippen LogP contribution in [0.4, 0.5) is 0 Å². The van der Waals surface area contributed by atoms with Crippen LogP contribution in [0.2, 0.25) is 0 Å². The number of fused-ring (bicyclic) bond motifs is 1. The Morgan fingerprint density at radius 1 is 1.25 bits per heavy atom. The highest BCUT2D eigenvalue weighted by atomic mass is 32.2. The van der Waals surface area contributed by atoms with E-state index in [1.165, 1.54) is 0 Å². The third kappa shape index (κ3) is 3.71. The van der Waals surface area contributed by atoms with E-state index in [9.17, 15) is 13.2 Å². The second kappa shape index (κ2) is 7.13. The van der Waals surface area contributed by atoms with E-state index in [1.807, 2.05) is 19.9 Å². The molecule has 0 radical (unpaired) electrons. The predicted molar refractivity (Wildman–Crippen MR) is 106 cm³/mol. The molecule has 1 aliphatic heterocycles. The van der Waals surface area contributed by atoms with Crippen molar-refractivity contribution in [1.82, 2.24) is 4.90 Å². The highest BCUT2D eigenvalue weighted by Gasteiger charge is 2.35. The van der Waals surface area contributed by atoms with E-state index in [0.29, 0.717) is 12.2 Å². The summed E-state index contributed by atoms with van der Waals surface area (Å²) in [5, 5.41) is 0.955. The van der Waals surface area contributed by atoms with Crippen LogP contribution in [0.25, 0.3) is 11.0 Å². The first kappa shape index (κ1) is 18.8. The normalized spacial score (nSPS) is 18.6. The summed E-state index contributed by atoms with van der Waals surface area (Å²) in [5.41, 5.74) is 3.75. The number of hydrogen-bond acceptors (Lipinski definition) is 5. The number of rotatable bonds is 5. The molecule has 1 amide bonds. The molecule has 3 heterocycles. The van der Waals surface area contributed by atoms with Crippen LogP contribution < -0.4 is 0 Å². The van der Waals surface area contributed by atoms with Gasteiger partial charge in [0.05, 0.1) is 37.0 Å². The van der Waals surface area contributed by atoms with Crippen molar-refractivity contribution in [2.75, 3.05) is 11.5 Å². The standard InChI is InChI=1S/C21H23NO5S/c1-14-8-15(2)21-16(12-27-19(21)9-14)10-20(23)22(11-18-4-3-6-26-18)17-5-7-28(24,25)13-17/h3-4,6,8-9,12,17H,5,7,10-11,13H2,1-2H3/t17-/m1/s1. The quantitative estimate of drug-likeness (QED) is 0.655. The van der Waals surface area contributed by atoms with Crippen LogP contribution in [0.5, 0.6) is 0 Å². The predicted octanol–water partition coefficient (Wildman–Crippen LogP) is 3.40. The van der Waals surface area contributed by atoms with Crippen molar-refractivity contribution >= 4 is 26.7 Å². The lowest BCUT2D eigenvalue weighted by molar-refractivity contribution is -0.133. The summed E-state index contributed by atoms with van der Waals surface area (Å²) in [6, 6.07) is 7.25. The van der Waals surface area contributed by atoms with Crippen molar-refractivity contribution in [3.05, 3.63) is 59.2 Å². The monoisotopic (exact) mass is 401 g/mol. The number of benzene rings is 1. The minimum Gasteiger partial charge on any atom is -0.467 e. The zero-order valence-electron chi connectivity index (χ0n) is 16.0. The van der Waals surface area contributed by atoms with Crippen molar-refractivity contribution in [2.45, 2.75) is 39.3 Å². The first-order valence-corrected chi connectivity index (χ1v) is 11.1. The molecule has 0 aliphatic carbocycles. The van der Waals surface area contributed by atoms with E-state index in [0.717, 1.165) is 27.7 Å². The summed E-state index contributed by atoms with van der Waals surface area (Å²) in [7, 11) is -3.10. The second-order valence-corrected chi connectivity index (χ2v) is 9.78. The van der Waals surface area contributed by atoms with Gasteiger partial charge in [0.1, 0.15) is 11.3 Å². The maximum absolute atomic E-state index is 13.2. The van der Waals surface area contributed by atoms with Crippen LogP contribution in [0.1, 0.15) is 28.9 Å². The molecule has 1 atom stereocenters. The second-order valence-electron chi connectivity index (χ2n) is 7.55. The Labute approximate surface area is 164 Å². The molecule has 28 heavy (non-hydrogen) atoms. The molecule has 0 spiro atoms. The van der Waals surface area contributed by atoms with Crippen molar-refractivity contribution in [2.24, 2.45) is 0 Å². The maximum Gasteiger partial charge on any atom is 0.227 e. The number of furan rings is 2. The Morgan fingerprint density at radius 2 is 2.07 bits per heavy atom. The molecular formula is C21H23NO5S. The molecule has 4 rings (SSSR count). The zero-order valence-corrected chi connectivity index (χ0v) is 16.8. The SMILES string of the molecule is Cc1cc(C)c2c(CC(=O)N(Cc3ccco3)[C@@H]3CCS(=O)(=O)C3)coc2c1. The van der Waals surface area contributed by atoms with Crippen LogP contribution >= 0.6 is 0 Å². The van der Waals surface area contributed by atoms with Gasteiger partial charge in [0.25, 0.3) is 0 Å². The van der Waals surface area contributed by atoms with Crippen LogP contribution in [0, 0.1) is 13.8 Å². The molecule has 0 saturated carbocycles. The van der Waals surface area contributed by atoms with Gasteiger partial charge in [-0.25, -0.2) is 8.42 Å². The van der Waals surface area contributed by atoms with Gasteiger partial charge < -0.3 is 13.7 Å². The van der Waals surface area contributed by atoms with Gasteiger partial charge in [-0.3, -0.25) is 4.79 Å². The highest BCUT2D eigenvalue weighted by Crippen LogP contribution is 2.28. The van der Waals surface area contributed by atoms with E-state index in [1.54, 1.807) is 29.6 Å². The third-order valence-corrected chi connectivity index (χ3v) is 7.06. The van der Waals surface area contributed by atoms with E-state index >= 15 is 0 Å². The van der Waals surface area contributed by atoms with Gasteiger partial charge in [0, 0.05) is 17.0 Å². The van der Waals surface area contributed by atoms with Crippen LogP contribution in [0.15, 0.2) is 45.6 Å². The number of hydrogen-bond donors (Lipinski definition) is 0. The largest absolute Gasteiger partial charge is 0.467 e. The Balaban J connectivity index is 1.62. The Hall–Kier alpha value is -2.54. The number of aryl methyl sites for hydroxylation is 2. The van der Waals surface area contributed by atoms with Crippen molar-refractivity contribution in [1.29, 1.82) is 0 Å². The molecule has 1 saturated heterocycles. The van der Waals surface area contributed by atoms with E-state index in [4.69, 9.17) is 8.83 Å². The fourth-order valence-corrected chi connectivity index (χ4v) is 5.76. The summed E-state index contributed by atoms with van der Waals surface area (Å²) >= 11 is 0. The summed E-state index contributed by atoms with van der Waals surface area (Å²) < 4.78 is 35.0. The molecule has 148 valence electrons. The molecule has 0 unspecified atom stereocenters. The molecular weight excluding hydrogens is 378 g/mol. The van der Waals surface area contributed by atoms with Gasteiger partial charge >= 0.3 is 0 Å². The molecule has 1 fully saturated rings. The first-order valence-electron chi connectivity index (χ1n) is 9.32. The van der Waals surface area contributed by atoms with Crippen LogP contribution in [-0.2, 0) is 27.6 Å². The topological polar surface area (TPSA) is 80.7 Å². The maximum atomic E-state index is 13.2. The first-order chi connectivity index (χ1) is 13.3. The average molecular weight is 401 g/mol. The fourth-order valence-electron chi connectivity index (χ4n) is 4.03. The molecule has 1 aromatic carbocycles. The molecule has 7 heteroatoms. The Bertz CT molecular complexity index is 1110. The van der Waals surface area contributed by atoms with E-state index in [2.05, 4.69) is 6.07 Å². The lowest BCUT2D eigenvalue weighted by atomic mass is 10.0. The molecule has 1 aliphatic rings. The van der Waals surface area contributed by atoms with Gasteiger partial charge in [-0.2, -0.15) is 0 Å². The van der Waals surface area contributed by atoms with Gasteiger partial charge in [-0.1, -0.05) is 6.07 Å². The lowest BCUT2D eigenvalue weighted by Crippen LogP contribution is -2.41. The van der Waals surface area contributed by atoms with Crippen LogP contribution in [0.3, 0.4) is 0 Å². The van der Waals surface area contributed by atoms with Gasteiger partial charge in [-0.05, 0) is 49.6 Å². The van der Waals surface area contributed by atoms with E-state index in [-0.39, 0.29) is 36.4 Å². The summed E-state index contributed by atoms with van der Waals surface area (Å²) in [4.78, 5) is 14.8. The smallest absolute Gasteiger partial charge is 0.227 e. The number of carbonyl (C=O) groups excluding carboxylic acids is 1. The number of amides is 1. The molecule has 0 N–H and O–H groups in total. The Kier molecular flexibility index (Phi) is 4.79. The molecule has 3 aromatic rings. The van der Waals surface area contributed by atoms with Crippen molar-refractivity contribution in [3.63, 3.8) is 0 Å². The zero-order chi connectivity index (χ0) is 19.9. The summed E-state index contributed by atoms with van der Waals surface area (Å²) in [6.45, 7) is 4.27. The highest BCUT2D eigenvalue weighted by molar-refractivity contribution is 7.91. The Morgan fingerprint density at radius 3 is 2.75 bits per heavy atom. The van der Waals surface area contributed by atoms with Gasteiger partial charge in [0.2, 0.25) is 5.91 Å². The summed E-state index contributed by atoms with van der Waals surface area (Å²) in [6.07, 6.45) is 3.80. The van der Waals surface area contributed by atoms with Crippen molar-refractivity contribution in [3.8, 4) is 0 Å². The van der Waals surface area contributed by atoms with Gasteiger partial charge in [-0.15, -0.1) is 0 Å². The third-order valence-electron chi connectivity index (χ3n) is 5.31. The fraction of sp³-hybridized carbons (Fsp3) is 0.381. The minimum absolute atomic E-state index is 0.00378. The molecule has 6 nitrogen and oxygen atoms in total. The number of sulfone groups is 1. The van der Waals surface area contributed by atoms with Gasteiger partial charge in [0.15, 0.2) is 9.84 Å². The number of carbonyl (C=O) groups is 1. The number of nitrogens with zero attached hydrogens (tertiary/aromatic N) is 1. The van der Waals surface area contributed by atoms with Crippen molar-refractivity contribution < 1.29 is 22.0 Å². The lowest BCUT2D eigenvalue weighted by Gasteiger charge is -2.27. The molecule has 0 bridgehead atoms. The van der Waals surface area contributed by atoms with E-state index < -0.39 is 9.84 Å². The van der Waals surface area contributed by atoms with Crippen LogP contribution in [-0.4, -0.2) is 36.8 Å².